The molecule has 1 aromatic heterocycles. The topological polar surface area (TPSA) is 124 Å². The fourth-order valence-corrected chi connectivity index (χ4v) is 8.10. The van der Waals surface area contributed by atoms with Gasteiger partial charge in [-0.1, -0.05) is 35.4 Å². The van der Waals surface area contributed by atoms with Gasteiger partial charge in [0, 0.05) is 37.7 Å². The van der Waals surface area contributed by atoms with Gasteiger partial charge in [-0.05, 0) is 62.8 Å². The van der Waals surface area contributed by atoms with Crippen molar-refractivity contribution in [1.29, 1.82) is 0 Å². The number of aryl methyl sites for hydroxylation is 2. The van der Waals surface area contributed by atoms with Gasteiger partial charge in [0.15, 0.2) is 11.0 Å². The summed E-state index contributed by atoms with van der Waals surface area (Å²) in [6.07, 6.45) is -1.29. The number of imidazole rings is 1. The Hall–Kier alpha value is -3.29. The number of halogens is 8. The lowest BCUT2D eigenvalue weighted by molar-refractivity contribution is -0.673. The van der Waals surface area contributed by atoms with Crippen molar-refractivity contribution in [3.05, 3.63) is 80.9 Å². The summed E-state index contributed by atoms with van der Waals surface area (Å²) in [4.78, 5) is 3.25. The van der Waals surface area contributed by atoms with Crippen LogP contribution >= 0.6 is 23.2 Å². The molecule has 0 atom stereocenters. The average molecular weight is 847 g/mol. The molecule has 2 heterocycles. The molecule has 5 rings (SSSR count). The lowest BCUT2D eigenvalue weighted by atomic mass is 10.1. The zero-order chi connectivity index (χ0) is 40.0. The van der Waals surface area contributed by atoms with Gasteiger partial charge in [0.05, 0.1) is 57.1 Å². The quantitative estimate of drug-likeness (QED) is 0.0719. The summed E-state index contributed by atoms with van der Waals surface area (Å²) < 4.78 is 151. The summed E-state index contributed by atoms with van der Waals surface area (Å²) in [7, 11) is -8.73. The molecule has 1 aliphatic heterocycles. The number of aromatic nitrogens is 2. The standard InChI is InChI=1S/C34H36Cl2F6N4O6S2/c1-3-43-29-19-25(35)23(33(37,38)39)17-27(29)45(13-5-15-53(47,48)49)31(43)11-9-22(21-7-8-21)10-12-32-44(4-2)30-20-26(36)24(34(40,41)42)18-28(30)46(32)14-6-16-54(50,51)52/h9-12,17-21H,3-8,13-16H2,1-2H3,(H-,47,48,49,50,51,52)/p+1. The van der Waals surface area contributed by atoms with E-state index in [9.17, 15) is 52.3 Å². The van der Waals surface area contributed by atoms with Crippen LogP contribution in [0, 0.1) is 5.92 Å². The first-order valence-corrected chi connectivity index (χ1v) is 20.8. The van der Waals surface area contributed by atoms with Crippen LogP contribution in [-0.4, -0.2) is 55.1 Å². The van der Waals surface area contributed by atoms with Gasteiger partial charge in [-0.25, -0.2) is 9.13 Å². The van der Waals surface area contributed by atoms with Gasteiger partial charge in [0.25, 0.3) is 26.1 Å². The molecule has 2 N–H and O–H groups in total. The molecule has 0 bridgehead atoms. The summed E-state index contributed by atoms with van der Waals surface area (Å²) >= 11 is 12.2. The number of nitrogens with zero attached hydrogens (tertiary/aromatic N) is 4. The van der Waals surface area contributed by atoms with Crippen LogP contribution in [0.25, 0.3) is 17.1 Å². The lowest BCUT2D eigenvalue weighted by Crippen LogP contribution is -2.37. The first-order valence-electron chi connectivity index (χ1n) is 16.8. The molecule has 1 fully saturated rings. The zero-order valence-corrected chi connectivity index (χ0v) is 32.1. The summed E-state index contributed by atoms with van der Waals surface area (Å²) in [5, 5.41) is -1.04. The number of allylic oxidation sites excluding steroid dienone is 4. The summed E-state index contributed by atoms with van der Waals surface area (Å²) in [5.74, 6) is -0.358. The summed E-state index contributed by atoms with van der Waals surface area (Å²) in [6, 6.07) is 4.21. The Labute approximate surface area is 318 Å². The van der Waals surface area contributed by atoms with Gasteiger partial charge in [-0.2, -0.15) is 43.2 Å². The zero-order valence-electron chi connectivity index (χ0n) is 28.9. The largest absolute Gasteiger partial charge is 0.418 e. The first-order chi connectivity index (χ1) is 25.0. The van der Waals surface area contributed by atoms with E-state index in [0.717, 1.165) is 30.5 Å². The van der Waals surface area contributed by atoms with Crippen molar-refractivity contribution in [2.45, 2.75) is 65.0 Å². The minimum atomic E-state index is -4.77. The normalized spacial score (nSPS) is 16.8. The molecule has 0 radical (unpaired) electrons. The van der Waals surface area contributed by atoms with Crippen molar-refractivity contribution < 1.29 is 56.9 Å². The van der Waals surface area contributed by atoms with Crippen LogP contribution in [0.4, 0.5) is 37.7 Å². The van der Waals surface area contributed by atoms with E-state index in [1.807, 2.05) is 0 Å². The van der Waals surface area contributed by atoms with E-state index in [4.69, 9.17) is 23.2 Å². The number of alkyl halides is 6. The van der Waals surface area contributed by atoms with Crippen molar-refractivity contribution in [1.82, 2.24) is 4.57 Å². The Morgan fingerprint density at radius 3 is 1.98 bits per heavy atom. The average Bonchev–Trinajstić information content (AvgIpc) is 3.78. The highest BCUT2D eigenvalue weighted by molar-refractivity contribution is 7.86. The molecule has 20 heteroatoms. The SMILES string of the molecule is CCN1\C(=C/C=C(/C=C/c2n(CC)c3cc(Cl)c(C(F)(F)F)cc3[n+]2CCCS(=O)(=O)O)C2CC2)N(CCCS(=O)(=O)O)c2cc(C(F)(F)F)c(Cl)cc21. The minimum Gasteiger partial charge on any atom is -0.326 e. The highest BCUT2D eigenvalue weighted by Crippen LogP contribution is 2.48. The highest BCUT2D eigenvalue weighted by atomic mass is 35.5. The van der Waals surface area contributed by atoms with Crippen LogP contribution in [0.2, 0.25) is 10.0 Å². The molecule has 3 aromatic rings. The van der Waals surface area contributed by atoms with Crippen molar-refractivity contribution >= 4 is 71.9 Å². The maximum Gasteiger partial charge on any atom is 0.418 e. The van der Waals surface area contributed by atoms with Crippen LogP contribution in [0.15, 0.2) is 53.9 Å². The highest BCUT2D eigenvalue weighted by Gasteiger charge is 2.39. The first kappa shape index (κ1) is 41.9. The predicted molar refractivity (Wildman–Crippen MR) is 195 cm³/mol. The Kier molecular flexibility index (Phi) is 12.2. The van der Waals surface area contributed by atoms with E-state index in [0.29, 0.717) is 35.9 Å². The van der Waals surface area contributed by atoms with E-state index in [-0.39, 0.29) is 43.1 Å². The minimum absolute atomic E-state index is 0.0647. The van der Waals surface area contributed by atoms with Crippen LogP contribution in [-0.2, 0) is 45.7 Å². The molecular weight excluding hydrogens is 809 g/mol. The molecular formula is C34H37Cl2F6N4O6S2+. The smallest absolute Gasteiger partial charge is 0.326 e. The van der Waals surface area contributed by atoms with Gasteiger partial charge < -0.3 is 9.80 Å². The molecule has 0 saturated heterocycles. The second-order valence-electron chi connectivity index (χ2n) is 12.9. The number of fused-ring (bicyclic) bond motifs is 2. The predicted octanol–water partition coefficient (Wildman–Crippen LogP) is 8.39. The molecule has 1 saturated carbocycles. The van der Waals surface area contributed by atoms with Crippen molar-refractivity contribution in [3.63, 3.8) is 0 Å². The number of hydrogen-bond donors (Lipinski definition) is 2. The van der Waals surface area contributed by atoms with Gasteiger partial charge in [-0.3, -0.25) is 9.11 Å². The van der Waals surface area contributed by atoms with Crippen LogP contribution in [0.5, 0.6) is 0 Å². The van der Waals surface area contributed by atoms with Gasteiger partial charge >= 0.3 is 12.4 Å². The van der Waals surface area contributed by atoms with Crippen molar-refractivity contribution in [3.8, 4) is 0 Å². The number of hydrogen-bond acceptors (Lipinski definition) is 6. The monoisotopic (exact) mass is 845 g/mol. The Morgan fingerprint density at radius 2 is 1.43 bits per heavy atom. The van der Waals surface area contributed by atoms with Gasteiger partial charge in [0.2, 0.25) is 0 Å². The Morgan fingerprint density at radius 1 is 0.852 bits per heavy atom. The molecule has 296 valence electrons. The second-order valence-corrected chi connectivity index (χ2v) is 16.8. The van der Waals surface area contributed by atoms with Crippen LogP contribution in [0.3, 0.4) is 0 Å². The maximum atomic E-state index is 13.9. The second kappa shape index (κ2) is 15.7. The van der Waals surface area contributed by atoms with Crippen molar-refractivity contribution in [2.24, 2.45) is 5.92 Å². The van der Waals surface area contributed by atoms with E-state index < -0.39 is 65.3 Å². The third-order valence-corrected chi connectivity index (χ3v) is 11.3. The molecule has 10 nitrogen and oxygen atoms in total. The fourth-order valence-electron chi connectivity index (χ4n) is 6.58. The number of benzene rings is 2. The maximum absolute atomic E-state index is 13.9. The van der Waals surface area contributed by atoms with Crippen molar-refractivity contribution in [2.75, 3.05) is 34.4 Å². The molecule has 2 aliphatic rings. The number of rotatable bonds is 14. The third kappa shape index (κ3) is 9.56. The van der Waals surface area contributed by atoms with E-state index in [1.165, 1.54) is 21.6 Å². The lowest BCUT2D eigenvalue weighted by Gasteiger charge is -2.24. The molecule has 2 aromatic carbocycles. The van der Waals surface area contributed by atoms with E-state index in [1.54, 1.807) is 47.6 Å². The molecule has 0 unspecified atom stereocenters. The van der Waals surface area contributed by atoms with E-state index >= 15 is 0 Å². The molecule has 1 aliphatic carbocycles. The van der Waals surface area contributed by atoms with Crippen LogP contribution in [0.1, 0.15) is 56.5 Å². The van der Waals surface area contributed by atoms with E-state index in [2.05, 4.69) is 0 Å². The van der Waals surface area contributed by atoms with Crippen LogP contribution < -0.4 is 14.4 Å². The Bertz CT molecular complexity index is 2250. The fraction of sp³-hybridized carbons (Fsp3) is 0.441. The molecule has 54 heavy (non-hydrogen) atoms. The molecule has 0 amide bonds. The summed E-state index contributed by atoms with van der Waals surface area (Å²) in [6.45, 7) is 3.99. The third-order valence-electron chi connectivity index (χ3n) is 9.11. The summed E-state index contributed by atoms with van der Waals surface area (Å²) in [5.41, 5.74) is -0.367. The number of anilines is 2. The van der Waals surface area contributed by atoms with Gasteiger partial charge in [0.1, 0.15) is 5.82 Å². The van der Waals surface area contributed by atoms with Gasteiger partial charge in [-0.15, -0.1) is 0 Å². The Balaban J connectivity index is 1.62. The molecule has 0 spiro atoms.